The van der Waals surface area contributed by atoms with Gasteiger partial charge in [0.05, 0.1) is 12.7 Å². The molecule has 5 heteroatoms. The topological polar surface area (TPSA) is 70.0 Å². The first-order chi connectivity index (χ1) is 8.15. The molecule has 2 unspecified atom stereocenters. The third kappa shape index (κ3) is 5.02. The maximum absolute atomic E-state index is 11.2. The van der Waals surface area contributed by atoms with Crippen LogP contribution in [0.5, 0.6) is 0 Å². The molecule has 1 aliphatic rings. The van der Waals surface area contributed by atoms with Gasteiger partial charge in [0, 0.05) is 13.2 Å². The van der Waals surface area contributed by atoms with Crippen molar-refractivity contribution in [1.82, 2.24) is 4.90 Å². The van der Waals surface area contributed by atoms with Gasteiger partial charge in [-0.25, -0.2) is 0 Å². The number of β-amino-alcohol motifs (C(OH)–C–C–N with tert-alkyl or cyclic N) is 1. The molecule has 0 aromatic carbocycles. The fourth-order valence-corrected chi connectivity index (χ4v) is 2.24. The average Bonchev–Trinajstić information content (AvgIpc) is 2.51. The third-order valence-electron chi connectivity index (χ3n) is 3.11. The second kappa shape index (κ2) is 7.63. The zero-order chi connectivity index (χ0) is 12.7. The lowest BCUT2D eigenvalue weighted by Crippen LogP contribution is -2.45. The van der Waals surface area contributed by atoms with Gasteiger partial charge < -0.3 is 14.9 Å². The van der Waals surface area contributed by atoms with E-state index in [1.165, 1.54) is 0 Å². The van der Waals surface area contributed by atoms with Gasteiger partial charge in [0.1, 0.15) is 6.04 Å². The molecule has 1 aliphatic heterocycles. The lowest BCUT2D eigenvalue weighted by molar-refractivity contribution is -0.144. The SMILES string of the molecule is CCOCC(O)CN1CCCCCC1C(=O)O. The van der Waals surface area contributed by atoms with Gasteiger partial charge in [0.25, 0.3) is 0 Å². The molecule has 5 nitrogen and oxygen atoms in total. The minimum absolute atomic E-state index is 0.277. The standard InChI is InChI=1S/C12H23NO4/c1-2-17-9-10(14)8-13-7-5-3-4-6-11(13)12(15)16/h10-11,14H,2-9H2,1H3,(H,15,16). The number of hydrogen-bond acceptors (Lipinski definition) is 4. The molecule has 0 aliphatic carbocycles. The van der Waals surface area contributed by atoms with Crippen molar-refractivity contribution < 1.29 is 19.7 Å². The van der Waals surface area contributed by atoms with Crippen LogP contribution in [0, 0.1) is 0 Å². The summed E-state index contributed by atoms with van der Waals surface area (Å²) in [5, 5.41) is 18.9. The first-order valence-electron chi connectivity index (χ1n) is 6.37. The third-order valence-corrected chi connectivity index (χ3v) is 3.11. The van der Waals surface area contributed by atoms with Crippen molar-refractivity contribution in [2.45, 2.75) is 44.8 Å². The number of nitrogens with zero attached hydrogens (tertiary/aromatic N) is 1. The number of ether oxygens (including phenoxy) is 1. The molecule has 0 bridgehead atoms. The molecule has 1 rings (SSSR count). The summed E-state index contributed by atoms with van der Waals surface area (Å²) >= 11 is 0. The van der Waals surface area contributed by atoms with Crippen LogP contribution in [0.4, 0.5) is 0 Å². The zero-order valence-corrected chi connectivity index (χ0v) is 10.5. The summed E-state index contributed by atoms with van der Waals surface area (Å²) in [6, 6.07) is -0.450. The summed E-state index contributed by atoms with van der Waals surface area (Å²) < 4.78 is 5.14. The van der Waals surface area contributed by atoms with Gasteiger partial charge in [-0.1, -0.05) is 12.8 Å². The molecule has 17 heavy (non-hydrogen) atoms. The highest BCUT2D eigenvalue weighted by atomic mass is 16.5. The first-order valence-corrected chi connectivity index (χ1v) is 6.37. The van der Waals surface area contributed by atoms with Crippen LogP contribution >= 0.6 is 0 Å². The van der Waals surface area contributed by atoms with E-state index < -0.39 is 18.1 Å². The van der Waals surface area contributed by atoms with E-state index in [9.17, 15) is 9.90 Å². The highest BCUT2D eigenvalue weighted by Crippen LogP contribution is 2.17. The van der Waals surface area contributed by atoms with E-state index in [2.05, 4.69) is 0 Å². The number of carboxylic acid groups (broad SMARTS) is 1. The Bertz CT molecular complexity index is 235. The smallest absolute Gasteiger partial charge is 0.320 e. The molecular weight excluding hydrogens is 222 g/mol. The summed E-state index contributed by atoms with van der Waals surface area (Å²) in [7, 11) is 0. The van der Waals surface area contributed by atoms with Crippen LogP contribution in [0.25, 0.3) is 0 Å². The van der Waals surface area contributed by atoms with Crippen molar-refractivity contribution >= 4 is 5.97 Å². The number of aliphatic carboxylic acids is 1. The van der Waals surface area contributed by atoms with Gasteiger partial charge in [0.2, 0.25) is 0 Å². The summed E-state index contributed by atoms with van der Waals surface area (Å²) in [6.07, 6.45) is 3.11. The number of likely N-dealkylation sites (tertiary alicyclic amines) is 1. The Morgan fingerprint density at radius 2 is 2.24 bits per heavy atom. The van der Waals surface area contributed by atoms with Gasteiger partial charge in [-0.15, -0.1) is 0 Å². The van der Waals surface area contributed by atoms with Crippen LogP contribution in [0.2, 0.25) is 0 Å². The van der Waals surface area contributed by atoms with Gasteiger partial charge >= 0.3 is 5.97 Å². The Hall–Kier alpha value is -0.650. The number of carboxylic acids is 1. The fraction of sp³-hybridized carbons (Fsp3) is 0.917. The molecule has 1 fully saturated rings. The Morgan fingerprint density at radius 1 is 1.47 bits per heavy atom. The van der Waals surface area contributed by atoms with Crippen molar-refractivity contribution in [3.8, 4) is 0 Å². The Kier molecular flexibility index (Phi) is 6.47. The van der Waals surface area contributed by atoms with E-state index in [1.54, 1.807) is 0 Å². The molecule has 0 aromatic rings. The van der Waals surface area contributed by atoms with Crippen LogP contribution in [-0.4, -0.2) is 59.5 Å². The number of aliphatic hydroxyl groups is 1. The van der Waals surface area contributed by atoms with Crippen molar-refractivity contribution in [2.75, 3.05) is 26.3 Å². The van der Waals surface area contributed by atoms with E-state index in [4.69, 9.17) is 9.84 Å². The molecule has 0 radical (unpaired) electrons. The van der Waals surface area contributed by atoms with E-state index in [1.807, 2.05) is 11.8 Å². The molecule has 1 saturated heterocycles. The van der Waals surface area contributed by atoms with Crippen LogP contribution in [-0.2, 0) is 9.53 Å². The van der Waals surface area contributed by atoms with Gasteiger partial charge in [-0.05, 0) is 26.3 Å². The molecule has 100 valence electrons. The zero-order valence-electron chi connectivity index (χ0n) is 10.5. The van der Waals surface area contributed by atoms with E-state index >= 15 is 0 Å². The van der Waals surface area contributed by atoms with Crippen LogP contribution in [0.3, 0.4) is 0 Å². The Morgan fingerprint density at radius 3 is 2.88 bits per heavy atom. The lowest BCUT2D eigenvalue weighted by atomic mass is 10.1. The average molecular weight is 245 g/mol. The molecule has 2 atom stereocenters. The molecular formula is C12H23NO4. The molecule has 0 spiro atoms. The van der Waals surface area contributed by atoms with E-state index in [0.29, 0.717) is 19.6 Å². The normalized spacial score (nSPS) is 24.2. The van der Waals surface area contributed by atoms with Gasteiger partial charge in [0.15, 0.2) is 0 Å². The maximum Gasteiger partial charge on any atom is 0.320 e. The number of carbonyl (C=O) groups is 1. The van der Waals surface area contributed by atoms with Crippen molar-refractivity contribution in [3.05, 3.63) is 0 Å². The van der Waals surface area contributed by atoms with Crippen LogP contribution in [0.15, 0.2) is 0 Å². The molecule has 0 aromatic heterocycles. The minimum atomic E-state index is -0.782. The quantitative estimate of drug-likeness (QED) is 0.721. The van der Waals surface area contributed by atoms with Crippen molar-refractivity contribution in [2.24, 2.45) is 0 Å². The second-order valence-corrected chi connectivity index (χ2v) is 4.51. The first kappa shape index (κ1) is 14.4. The second-order valence-electron chi connectivity index (χ2n) is 4.51. The predicted molar refractivity (Wildman–Crippen MR) is 64.0 cm³/mol. The predicted octanol–water partition coefficient (Wildman–Crippen LogP) is 0.713. The monoisotopic (exact) mass is 245 g/mol. The Labute approximate surface area is 102 Å². The largest absolute Gasteiger partial charge is 0.480 e. The molecule has 0 amide bonds. The highest BCUT2D eigenvalue weighted by molar-refractivity contribution is 5.73. The van der Waals surface area contributed by atoms with Crippen molar-refractivity contribution in [1.29, 1.82) is 0 Å². The number of rotatable bonds is 6. The summed E-state index contributed by atoms with van der Waals surface area (Å²) in [5.41, 5.74) is 0. The maximum atomic E-state index is 11.2. The summed E-state index contributed by atoms with van der Waals surface area (Å²) in [4.78, 5) is 13.0. The van der Waals surface area contributed by atoms with E-state index in [0.717, 1.165) is 25.8 Å². The summed E-state index contributed by atoms with van der Waals surface area (Å²) in [6.45, 7) is 3.86. The molecule has 0 saturated carbocycles. The number of hydrogen-bond donors (Lipinski definition) is 2. The minimum Gasteiger partial charge on any atom is -0.480 e. The van der Waals surface area contributed by atoms with Crippen LogP contribution < -0.4 is 0 Å². The highest BCUT2D eigenvalue weighted by Gasteiger charge is 2.28. The molecule has 2 N–H and O–H groups in total. The lowest BCUT2D eigenvalue weighted by Gasteiger charge is -2.28. The summed E-state index contributed by atoms with van der Waals surface area (Å²) in [5.74, 6) is -0.782. The molecule has 1 heterocycles. The van der Waals surface area contributed by atoms with Crippen LogP contribution in [0.1, 0.15) is 32.6 Å². The Balaban J connectivity index is 2.48. The number of aliphatic hydroxyl groups excluding tert-OH is 1. The van der Waals surface area contributed by atoms with Gasteiger partial charge in [-0.2, -0.15) is 0 Å². The van der Waals surface area contributed by atoms with Gasteiger partial charge in [-0.3, -0.25) is 9.69 Å². The van der Waals surface area contributed by atoms with E-state index in [-0.39, 0.29) is 6.61 Å². The fourth-order valence-electron chi connectivity index (χ4n) is 2.24. The van der Waals surface area contributed by atoms with Crippen molar-refractivity contribution in [3.63, 3.8) is 0 Å².